The van der Waals surface area contributed by atoms with Crippen LogP contribution >= 0.6 is 11.8 Å². The number of carbonyl (C=O) groups excluding carboxylic acids is 2. The zero-order valence-corrected chi connectivity index (χ0v) is 15.9. The number of ether oxygens (including phenoxy) is 1. The van der Waals surface area contributed by atoms with Crippen molar-refractivity contribution in [2.75, 3.05) is 32.1 Å². The van der Waals surface area contributed by atoms with Gasteiger partial charge in [0, 0.05) is 26.4 Å². The molecular weight excluding hydrogens is 368 g/mol. The highest BCUT2D eigenvalue weighted by Crippen LogP contribution is 2.32. The summed E-state index contributed by atoms with van der Waals surface area (Å²) in [5.41, 5.74) is 0.401. The summed E-state index contributed by atoms with van der Waals surface area (Å²) in [5, 5.41) is 2.75. The molecule has 2 aromatic rings. The van der Waals surface area contributed by atoms with Crippen LogP contribution in [0.15, 0.2) is 34.1 Å². The summed E-state index contributed by atoms with van der Waals surface area (Å²) in [6.45, 7) is 3.13. The fourth-order valence-corrected chi connectivity index (χ4v) is 3.53. The zero-order chi connectivity index (χ0) is 19.4. The van der Waals surface area contributed by atoms with E-state index in [1.54, 1.807) is 31.5 Å². The Morgan fingerprint density at radius 3 is 2.85 bits per heavy atom. The van der Waals surface area contributed by atoms with Crippen LogP contribution in [-0.4, -0.2) is 52.2 Å². The third-order valence-corrected chi connectivity index (χ3v) is 4.87. The third kappa shape index (κ3) is 3.88. The van der Waals surface area contributed by atoms with E-state index in [1.165, 1.54) is 15.4 Å². The van der Waals surface area contributed by atoms with Gasteiger partial charge in [-0.2, -0.15) is 0 Å². The number of thioether (sulfide) groups is 1. The lowest BCUT2D eigenvalue weighted by Crippen LogP contribution is -2.28. The molecule has 0 unspecified atom stereocenters. The zero-order valence-electron chi connectivity index (χ0n) is 15.1. The van der Waals surface area contributed by atoms with Crippen LogP contribution in [0.2, 0.25) is 0 Å². The van der Waals surface area contributed by atoms with Gasteiger partial charge in [0.1, 0.15) is 11.5 Å². The summed E-state index contributed by atoms with van der Waals surface area (Å²) in [5.74, 6) is -0.0298. The highest BCUT2D eigenvalue weighted by Gasteiger charge is 2.34. The van der Waals surface area contributed by atoms with Gasteiger partial charge in [-0.15, -0.1) is 0 Å². The molecule has 3 rings (SSSR count). The van der Waals surface area contributed by atoms with Crippen LogP contribution in [0.3, 0.4) is 0 Å². The number of nitrogens with zero attached hydrogens (tertiary/aromatic N) is 3. The first-order valence-corrected chi connectivity index (χ1v) is 9.38. The Morgan fingerprint density at radius 1 is 1.30 bits per heavy atom. The third-order valence-electron chi connectivity index (χ3n) is 3.96. The summed E-state index contributed by atoms with van der Waals surface area (Å²) in [4.78, 5) is 43.4. The minimum atomic E-state index is -0.382. The maximum absolute atomic E-state index is 13.0. The standard InChI is InChI=1S/C18H20N4O4S/c1-3-8-22-17(24)13(27-18(22)25)11-12-15(19-7-10-26-2)20-14-6-4-5-9-21(14)16(12)23/h4-6,9,11,19H,3,7-8,10H2,1-2H3/b13-11-. The second-order valence-corrected chi connectivity index (χ2v) is 6.85. The van der Waals surface area contributed by atoms with Gasteiger partial charge < -0.3 is 10.1 Å². The van der Waals surface area contributed by atoms with E-state index in [9.17, 15) is 14.4 Å². The quantitative estimate of drug-likeness (QED) is 0.574. The molecule has 2 aromatic heterocycles. The second-order valence-electron chi connectivity index (χ2n) is 5.86. The number of amides is 2. The minimum Gasteiger partial charge on any atom is -0.383 e. The summed E-state index contributed by atoms with van der Waals surface area (Å²) in [7, 11) is 1.58. The molecule has 1 fully saturated rings. The Kier molecular flexibility index (Phi) is 5.92. The van der Waals surface area contributed by atoms with Crippen molar-refractivity contribution in [3.05, 3.63) is 45.2 Å². The van der Waals surface area contributed by atoms with Gasteiger partial charge in [0.05, 0.1) is 17.1 Å². The summed E-state index contributed by atoms with van der Waals surface area (Å²) in [6, 6.07) is 5.24. The van der Waals surface area contributed by atoms with Crippen molar-refractivity contribution in [2.24, 2.45) is 0 Å². The fourth-order valence-electron chi connectivity index (χ4n) is 2.69. The Morgan fingerprint density at radius 2 is 2.11 bits per heavy atom. The van der Waals surface area contributed by atoms with Gasteiger partial charge in [0.15, 0.2) is 0 Å². The summed E-state index contributed by atoms with van der Waals surface area (Å²) < 4.78 is 6.43. The van der Waals surface area contributed by atoms with E-state index in [4.69, 9.17) is 4.74 Å². The molecule has 27 heavy (non-hydrogen) atoms. The van der Waals surface area contributed by atoms with Crippen molar-refractivity contribution in [3.8, 4) is 0 Å². The van der Waals surface area contributed by atoms with Gasteiger partial charge in [-0.3, -0.25) is 23.7 Å². The Hall–Kier alpha value is -2.65. The highest BCUT2D eigenvalue weighted by atomic mass is 32.2. The number of carbonyl (C=O) groups is 2. The van der Waals surface area contributed by atoms with Crippen LogP contribution in [0.4, 0.5) is 10.6 Å². The molecule has 9 heteroatoms. The monoisotopic (exact) mass is 388 g/mol. The van der Waals surface area contributed by atoms with Gasteiger partial charge in [0.2, 0.25) is 0 Å². The molecule has 1 saturated heterocycles. The van der Waals surface area contributed by atoms with E-state index in [1.807, 2.05) is 6.92 Å². The smallest absolute Gasteiger partial charge is 0.293 e. The first-order valence-electron chi connectivity index (χ1n) is 8.56. The molecule has 8 nitrogen and oxygen atoms in total. The molecule has 2 amide bonds. The van der Waals surface area contributed by atoms with E-state index >= 15 is 0 Å². The van der Waals surface area contributed by atoms with Crippen LogP contribution < -0.4 is 10.9 Å². The Bertz CT molecular complexity index is 969. The molecule has 1 N–H and O–H groups in total. The molecule has 0 aliphatic carbocycles. The molecule has 0 atom stereocenters. The molecule has 0 radical (unpaired) electrons. The maximum atomic E-state index is 13.0. The molecule has 1 aliphatic rings. The van der Waals surface area contributed by atoms with Gasteiger partial charge in [-0.1, -0.05) is 13.0 Å². The SMILES string of the molecule is CCCN1C(=O)S/C(=C\c2c(NCCOC)nc3ccccn3c2=O)C1=O. The van der Waals surface area contributed by atoms with E-state index in [0.717, 1.165) is 11.8 Å². The lowest BCUT2D eigenvalue weighted by atomic mass is 10.2. The van der Waals surface area contributed by atoms with Crippen molar-refractivity contribution in [2.45, 2.75) is 13.3 Å². The largest absolute Gasteiger partial charge is 0.383 e. The molecular formula is C18H20N4O4S. The summed E-state index contributed by atoms with van der Waals surface area (Å²) in [6.07, 6.45) is 3.74. The predicted molar refractivity (Wildman–Crippen MR) is 105 cm³/mol. The van der Waals surface area contributed by atoms with E-state index in [0.29, 0.717) is 37.6 Å². The van der Waals surface area contributed by atoms with E-state index < -0.39 is 0 Å². The minimum absolute atomic E-state index is 0.220. The number of anilines is 1. The lowest BCUT2D eigenvalue weighted by molar-refractivity contribution is -0.122. The normalized spacial score (nSPS) is 15.9. The first kappa shape index (κ1) is 19.1. The maximum Gasteiger partial charge on any atom is 0.293 e. The molecule has 0 saturated carbocycles. The number of hydrogen-bond donors (Lipinski definition) is 1. The number of hydrogen-bond acceptors (Lipinski definition) is 7. The van der Waals surface area contributed by atoms with Crippen LogP contribution in [0.5, 0.6) is 0 Å². The van der Waals surface area contributed by atoms with Crippen LogP contribution in [0.25, 0.3) is 11.7 Å². The van der Waals surface area contributed by atoms with Crippen molar-refractivity contribution >= 4 is 40.4 Å². The van der Waals surface area contributed by atoms with Crippen molar-refractivity contribution < 1.29 is 14.3 Å². The number of fused-ring (bicyclic) bond motifs is 1. The van der Waals surface area contributed by atoms with Crippen LogP contribution in [-0.2, 0) is 9.53 Å². The molecule has 0 bridgehead atoms. The van der Waals surface area contributed by atoms with Gasteiger partial charge in [0.25, 0.3) is 16.7 Å². The fraction of sp³-hybridized carbons (Fsp3) is 0.333. The number of aromatic nitrogens is 2. The van der Waals surface area contributed by atoms with Crippen molar-refractivity contribution in [1.29, 1.82) is 0 Å². The number of rotatable bonds is 7. The Labute approximate surface area is 160 Å². The van der Waals surface area contributed by atoms with Crippen LogP contribution in [0.1, 0.15) is 18.9 Å². The van der Waals surface area contributed by atoms with Crippen molar-refractivity contribution in [1.82, 2.24) is 14.3 Å². The molecule has 0 aromatic carbocycles. The molecule has 1 aliphatic heterocycles. The molecule has 142 valence electrons. The topological polar surface area (TPSA) is 93.0 Å². The average Bonchev–Trinajstić information content (AvgIpc) is 2.93. The number of pyridine rings is 1. The first-order chi connectivity index (χ1) is 13.1. The average molecular weight is 388 g/mol. The number of nitrogens with one attached hydrogen (secondary N) is 1. The van der Waals surface area contributed by atoms with Gasteiger partial charge in [-0.25, -0.2) is 4.98 Å². The van der Waals surface area contributed by atoms with Crippen LogP contribution in [0, 0.1) is 0 Å². The highest BCUT2D eigenvalue weighted by molar-refractivity contribution is 8.18. The summed E-state index contributed by atoms with van der Waals surface area (Å²) >= 11 is 0.838. The van der Waals surface area contributed by atoms with Crippen molar-refractivity contribution in [3.63, 3.8) is 0 Å². The molecule has 3 heterocycles. The number of imide groups is 1. The number of methoxy groups -OCH3 is 1. The van der Waals surface area contributed by atoms with E-state index in [-0.39, 0.29) is 27.2 Å². The Balaban J connectivity index is 2.08. The molecule has 0 spiro atoms. The van der Waals surface area contributed by atoms with E-state index in [2.05, 4.69) is 10.3 Å². The lowest BCUT2D eigenvalue weighted by Gasteiger charge is -2.11. The van der Waals surface area contributed by atoms with Gasteiger partial charge in [-0.05, 0) is 36.4 Å². The predicted octanol–water partition coefficient (Wildman–Crippen LogP) is 2.20. The second kappa shape index (κ2) is 8.36. The van der Waals surface area contributed by atoms with Gasteiger partial charge >= 0.3 is 0 Å².